The first-order valence-corrected chi connectivity index (χ1v) is 19.1. The molecule has 2 atom stereocenters. The van der Waals surface area contributed by atoms with Crippen molar-refractivity contribution in [2.45, 2.75) is 67.2 Å². The number of alkyl halides is 3. The summed E-state index contributed by atoms with van der Waals surface area (Å²) in [7, 11) is -0.503. The van der Waals surface area contributed by atoms with Crippen molar-refractivity contribution in [1.29, 1.82) is 0 Å². The Kier molecular flexibility index (Phi) is 33.5. The van der Waals surface area contributed by atoms with Gasteiger partial charge in [0.05, 0.1) is 0 Å². The monoisotopic (exact) mass is 1230 g/mol. The zero-order chi connectivity index (χ0) is 29.7. The Labute approximate surface area is 371 Å². The summed E-state index contributed by atoms with van der Waals surface area (Å²) in [6, 6.07) is 45.7. The first-order valence-electron chi connectivity index (χ1n) is 14.9. The van der Waals surface area contributed by atoms with Crippen LogP contribution < -0.4 is 40.7 Å². The smallest absolute Gasteiger partial charge is 1.00 e. The summed E-state index contributed by atoms with van der Waals surface area (Å²) in [5.41, 5.74) is 5.67. The van der Waals surface area contributed by atoms with E-state index in [0.717, 1.165) is 5.66 Å². The molecule has 0 saturated heterocycles. The van der Waals surface area contributed by atoms with Crippen molar-refractivity contribution in [2.75, 3.05) is 0 Å². The zero-order valence-corrected chi connectivity index (χ0v) is 38.7. The van der Waals surface area contributed by atoms with E-state index in [-0.39, 0.29) is 112 Å². The summed E-state index contributed by atoms with van der Waals surface area (Å²) >= 11 is 14.4. The standard InChI is InChI=1S/C26H30P2.2C5H5.CHCl3.2Au.2ClH.2Fe/c1-19-23-15-9-17-25(23)28(22-13-7-4-8-14-22)26-18-10-16-24(26)20(2)27(19)21-11-5-3-6-12-21;2*1-2-4-5-3-1;2-1(3)4;;;;;;/h4,7-10,13-21H,3,5-6,11-12H2,1-2H3;2*1-5H;1H;;;2*1H;;/q-2;2*-1;;2*+1;;;2*+2/p-2/t19-,20-,27?,28?;;;;;;;;;/m1........./s1. The quantitative estimate of drug-likeness (QED) is 0.0933. The normalized spacial score (nSPS) is 18.9. The van der Waals surface area contributed by atoms with Gasteiger partial charge in [-0.3, -0.25) is 0 Å². The molecular formula is C37H41Au2Cl5Fe2P2. The molecule has 1 fully saturated rings. The van der Waals surface area contributed by atoms with Crippen molar-refractivity contribution < 1.29 is 104 Å². The summed E-state index contributed by atoms with van der Waals surface area (Å²) < 4.78 is -0.750. The van der Waals surface area contributed by atoms with E-state index in [1.165, 1.54) is 37.4 Å². The Bertz CT molecular complexity index is 1260. The van der Waals surface area contributed by atoms with Crippen molar-refractivity contribution in [2.24, 2.45) is 0 Å². The largest absolute Gasteiger partial charge is 2.00 e. The molecule has 0 amide bonds. The molecule has 1 heterocycles. The first kappa shape index (κ1) is 53.8. The summed E-state index contributed by atoms with van der Waals surface area (Å²) in [6.45, 7) is 5.12. The van der Waals surface area contributed by atoms with E-state index in [1.54, 1.807) is 21.7 Å². The van der Waals surface area contributed by atoms with Gasteiger partial charge in [-0.05, 0) is 35.1 Å². The Morgan fingerprint density at radius 3 is 1.38 bits per heavy atom. The van der Waals surface area contributed by atoms with Crippen LogP contribution in [0.3, 0.4) is 0 Å². The maximum Gasteiger partial charge on any atom is 2.00 e. The molecule has 0 radical (unpaired) electrons. The second-order valence-electron chi connectivity index (χ2n) is 10.7. The minimum atomic E-state index is -0.750. The molecule has 0 bridgehead atoms. The van der Waals surface area contributed by atoms with Crippen molar-refractivity contribution in [3.8, 4) is 0 Å². The van der Waals surface area contributed by atoms with Crippen LogP contribution in [0.4, 0.5) is 0 Å². The fraction of sp³-hybridized carbons (Fsp3) is 0.297. The number of rotatable bonds is 2. The van der Waals surface area contributed by atoms with Crippen molar-refractivity contribution >= 4 is 66.6 Å². The van der Waals surface area contributed by atoms with Gasteiger partial charge in [-0.2, -0.15) is 59.7 Å². The third-order valence-electron chi connectivity index (χ3n) is 8.05. The van der Waals surface area contributed by atoms with E-state index >= 15 is 0 Å². The molecular weight excluding hydrogens is 1190 g/mol. The molecule has 7 rings (SSSR count). The average molecular weight is 1230 g/mol. The van der Waals surface area contributed by atoms with Crippen LogP contribution in [0.5, 0.6) is 0 Å². The molecule has 0 unspecified atom stereocenters. The average Bonchev–Trinajstić information content (AvgIpc) is 3.84. The molecule has 0 N–H and O–H groups in total. The Balaban J connectivity index is -0.000000855. The molecule has 1 aliphatic carbocycles. The number of hydrogen-bond donors (Lipinski definition) is 0. The van der Waals surface area contributed by atoms with Crippen LogP contribution in [0.15, 0.2) is 127 Å². The van der Waals surface area contributed by atoms with Crippen molar-refractivity contribution in [3.63, 3.8) is 0 Å². The third-order valence-corrected chi connectivity index (χ3v) is 14.3. The summed E-state index contributed by atoms with van der Waals surface area (Å²) in [4.78, 5) is 0. The van der Waals surface area contributed by atoms with Gasteiger partial charge >= 0.3 is 78.9 Å². The molecule has 1 saturated carbocycles. The minimum Gasteiger partial charge on any atom is -1.00 e. The van der Waals surface area contributed by atoms with Crippen molar-refractivity contribution in [3.05, 3.63) is 139 Å². The molecule has 5 aromatic rings. The van der Waals surface area contributed by atoms with Gasteiger partial charge in [-0.15, -0.1) is 18.5 Å². The Morgan fingerprint density at radius 1 is 0.625 bits per heavy atom. The second kappa shape index (κ2) is 29.9. The minimum absolute atomic E-state index is 0. The van der Waals surface area contributed by atoms with E-state index in [1.807, 2.05) is 60.7 Å². The van der Waals surface area contributed by atoms with Gasteiger partial charge in [-0.25, -0.2) is 48.5 Å². The fourth-order valence-corrected chi connectivity index (χ4v) is 13.3. The molecule has 0 spiro atoms. The van der Waals surface area contributed by atoms with E-state index in [4.69, 9.17) is 34.8 Å². The first-order chi connectivity index (χ1) is 20.5. The van der Waals surface area contributed by atoms with E-state index in [9.17, 15) is 0 Å². The van der Waals surface area contributed by atoms with E-state index in [2.05, 4.69) is 80.6 Å². The van der Waals surface area contributed by atoms with Gasteiger partial charge in [0.2, 0.25) is 0 Å². The number of hydrogen-bond acceptors (Lipinski definition) is 0. The van der Waals surface area contributed by atoms with E-state index in [0.29, 0.717) is 11.3 Å². The molecule has 11 heteroatoms. The SMILES string of the molecule is C[C@@H]1c2ccc[c-]2P(c2ccccc2)[c-]2cccc2[C@@H](C)P1C1CCCCC1.ClC(Cl)Cl.[Au+].[Au+].[Cl-].[Cl-].[Fe+2].[Fe+2].c1cc[cH-]c1.c1cc[cH-]c1. The Hall–Kier alpha value is 1.45. The van der Waals surface area contributed by atoms with Crippen LogP contribution in [0.2, 0.25) is 0 Å². The van der Waals surface area contributed by atoms with Gasteiger partial charge < -0.3 is 24.8 Å². The summed E-state index contributed by atoms with van der Waals surface area (Å²) in [6.07, 6.45) is 7.26. The van der Waals surface area contributed by atoms with Crippen LogP contribution in [0, 0.1) is 0 Å². The van der Waals surface area contributed by atoms with Gasteiger partial charge in [0.15, 0.2) is 4.30 Å². The number of fused-ring (bicyclic) bond motifs is 2. The molecule has 2 aliphatic rings. The van der Waals surface area contributed by atoms with Crippen LogP contribution >= 0.6 is 50.6 Å². The van der Waals surface area contributed by atoms with Crippen LogP contribution in [-0.4, -0.2) is 9.95 Å². The van der Waals surface area contributed by atoms with Gasteiger partial charge in [-0.1, -0.05) is 106 Å². The summed E-state index contributed by atoms with van der Waals surface area (Å²) in [5.74, 6) is 0. The zero-order valence-electron chi connectivity index (χ0n) is 26.6. The molecule has 1 aliphatic heterocycles. The van der Waals surface area contributed by atoms with Crippen LogP contribution in [0.25, 0.3) is 0 Å². The number of halogens is 5. The maximum atomic E-state index is 4.81. The van der Waals surface area contributed by atoms with E-state index < -0.39 is 12.2 Å². The Morgan fingerprint density at radius 2 is 1.02 bits per heavy atom. The fourth-order valence-electron chi connectivity index (χ4n) is 6.26. The van der Waals surface area contributed by atoms with Crippen LogP contribution in [-0.2, 0) is 78.9 Å². The predicted molar refractivity (Wildman–Crippen MR) is 192 cm³/mol. The van der Waals surface area contributed by atoms with Crippen LogP contribution in [0.1, 0.15) is 68.4 Å². The second-order valence-corrected chi connectivity index (χ2v) is 18.0. The number of benzene rings is 1. The van der Waals surface area contributed by atoms with Gasteiger partial charge in [0.25, 0.3) is 0 Å². The maximum absolute atomic E-state index is 4.81. The molecule has 0 nitrogen and oxygen atoms in total. The third kappa shape index (κ3) is 16.2. The predicted octanol–water partition coefficient (Wildman–Crippen LogP) is 5.63. The molecule has 48 heavy (non-hydrogen) atoms. The summed E-state index contributed by atoms with van der Waals surface area (Å²) in [5, 5.41) is 4.74. The van der Waals surface area contributed by atoms with Gasteiger partial charge in [0.1, 0.15) is 0 Å². The topological polar surface area (TPSA) is 0 Å². The van der Waals surface area contributed by atoms with Gasteiger partial charge in [0, 0.05) is 0 Å². The van der Waals surface area contributed by atoms with Crippen molar-refractivity contribution in [1.82, 2.24) is 0 Å². The molecule has 0 aromatic heterocycles. The molecule has 5 aromatic carbocycles. The molecule has 272 valence electrons.